The zero-order chi connectivity index (χ0) is 13.1. The van der Waals surface area contributed by atoms with E-state index in [-0.39, 0.29) is 24.0 Å². The van der Waals surface area contributed by atoms with Crippen molar-refractivity contribution in [1.82, 2.24) is 10.2 Å². The Morgan fingerprint density at radius 1 is 1.32 bits per heavy atom. The van der Waals surface area contributed by atoms with Gasteiger partial charge in [0.2, 0.25) is 0 Å². The van der Waals surface area contributed by atoms with E-state index in [0.717, 1.165) is 17.3 Å². The van der Waals surface area contributed by atoms with Crippen molar-refractivity contribution < 1.29 is 4.42 Å². The number of fused-ring (bicyclic) bond motifs is 1. The summed E-state index contributed by atoms with van der Waals surface area (Å²) in [6.07, 6.45) is 0. The molecule has 0 saturated heterocycles. The lowest BCUT2D eigenvalue weighted by Crippen LogP contribution is -2.35. The highest BCUT2D eigenvalue weighted by molar-refractivity contribution is 14.0. The van der Waals surface area contributed by atoms with Gasteiger partial charge in [0.15, 0.2) is 5.96 Å². The number of nitrogens with one attached hydrogen (secondary N) is 1. The molecule has 0 saturated carbocycles. The predicted molar refractivity (Wildman–Crippen MR) is 90.3 cm³/mol. The lowest BCUT2D eigenvalue weighted by molar-refractivity contribution is 0.518. The maximum absolute atomic E-state index is 5.84. The van der Waals surface area contributed by atoms with E-state index >= 15 is 0 Å². The summed E-state index contributed by atoms with van der Waals surface area (Å²) >= 11 is 0. The van der Waals surface area contributed by atoms with Crippen LogP contribution >= 0.6 is 24.0 Å². The fourth-order valence-corrected chi connectivity index (χ4v) is 1.99. The summed E-state index contributed by atoms with van der Waals surface area (Å²) in [4.78, 5) is 6.12. The molecule has 0 spiro atoms. The van der Waals surface area contributed by atoms with E-state index in [1.54, 1.807) is 7.05 Å². The van der Waals surface area contributed by atoms with Gasteiger partial charge in [-0.1, -0.05) is 18.2 Å². The Balaban J connectivity index is 0.00000180. The number of aliphatic imine (C=N–C) groups is 1. The number of halogens is 1. The Morgan fingerprint density at radius 3 is 2.58 bits per heavy atom. The summed E-state index contributed by atoms with van der Waals surface area (Å²) in [5.41, 5.74) is 2.12. The highest BCUT2D eigenvalue weighted by Gasteiger charge is 2.10. The molecule has 2 aromatic rings. The molecular formula is C14H20IN3O. The largest absolute Gasteiger partial charge is 0.459 e. The first kappa shape index (κ1) is 15.8. The number of hydrogen-bond acceptors (Lipinski definition) is 2. The van der Waals surface area contributed by atoms with Crippen molar-refractivity contribution in [2.45, 2.75) is 13.5 Å². The number of nitrogens with zero attached hydrogens (tertiary/aromatic N) is 2. The maximum Gasteiger partial charge on any atom is 0.193 e. The minimum atomic E-state index is 0. The summed E-state index contributed by atoms with van der Waals surface area (Å²) in [5.74, 6) is 1.80. The quantitative estimate of drug-likeness (QED) is 0.500. The maximum atomic E-state index is 5.84. The lowest BCUT2D eigenvalue weighted by atomic mass is 10.1. The molecule has 0 aliphatic carbocycles. The minimum Gasteiger partial charge on any atom is -0.459 e. The first-order valence-corrected chi connectivity index (χ1v) is 5.98. The highest BCUT2D eigenvalue weighted by atomic mass is 127. The zero-order valence-electron chi connectivity index (χ0n) is 11.7. The van der Waals surface area contributed by atoms with Gasteiger partial charge in [-0.15, -0.1) is 24.0 Å². The second-order valence-corrected chi connectivity index (χ2v) is 4.44. The van der Waals surface area contributed by atoms with Crippen molar-refractivity contribution in [3.8, 4) is 0 Å². The van der Waals surface area contributed by atoms with Crippen molar-refractivity contribution in [2.75, 3.05) is 21.1 Å². The fourth-order valence-electron chi connectivity index (χ4n) is 1.99. The third kappa shape index (κ3) is 3.40. The van der Waals surface area contributed by atoms with Crippen LogP contribution in [0.1, 0.15) is 11.3 Å². The fraction of sp³-hybridized carbons (Fsp3) is 0.357. The number of benzene rings is 1. The van der Waals surface area contributed by atoms with Crippen LogP contribution in [0.4, 0.5) is 0 Å². The van der Waals surface area contributed by atoms with E-state index in [2.05, 4.69) is 23.3 Å². The molecule has 0 bridgehead atoms. The second kappa shape index (κ2) is 6.79. The van der Waals surface area contributed by atoms with Gasteiger partial charge >= 0.3 is 0 Å². The molecular weight excluding hydrogens is 353 g/mol. The monoisotopic (exact) mass is 373 g/mol. The van der Waals surface area contributed by atoms with Crippen molar-refractivity contribution in [3.05, 3.63) is 35.6 Å². The van der Waals surface area contributed by atoms with Gasteiger partial charge in [0, 0.05) is 32.1 Å². The van der Waals surface area contributed by atoms with Crippen molar-refractivity contribution in [1.29, 1.82) is 0 Å². The average Bonchev–Trinajstić information content (AvgIpc) is 2.67. The van der Waals surface area contributed by atoms with E-state index in [1.807, 2.05) is 37.2 Å². The number of guanidine groups is 1. The summed E-state index contributed by atoms with van der Waals surface area (Å²) < 4.78 is 5.84. The number of hydrogen-bond donors (Lipinski definition) is 1. The van der Waals surface area contributed by atoms with Gasteiger partial charge in [-0.25, -0.2) is 0 Å². The van der Waals surface area contributed by atoms with Gasteiger partial charge in [-0.2, -0.15) is 0 Å². The third-order valence-electron chi connectivity index (χ3n) is 2.98. The van der Waals surface area contributed by atoms with Crippen LogP contribution in [0.2, 0.25) is 0 Å². The highest BCUT2D eigenvalue weighted by Crippen LogP contribution is 2.24. The van der Waals surface area contributed by atoms with Crippen molar-refractivity contribution in [2.24, 2.45) is 4.99 Å². The van der Waals surface area contributed by atoms with Crippen LogP contribution < -0.4 is 5.32 Å². The molecule has 104 valence electrons. The van der Waals surface area contributed by atoms with Gasteiger partial charge in [0.05, 0.1) is 6.54 Å². The standard InChI is InChI=1S/C14H19N3O.HI/c1-10-11-7-5-6-8-12(11)18-13(10)9-16-14(15-2)17(3)4;/h5-8H,9H2,1-4H3,(H,15,16);1H. The molecule has 1 aromatic heterocycles. The van der Waals surface area contributed by atoms with Crippen molar-refractivity contribution in [3.63, 3.8) is 0 Å². The molecule has 0 unspecified atom stereocenters. The normalized spacial score (nSPS) is 11.3. The molecule has 0 fully saturated rings. The zero-order valence-corrected chi connectivity index (χ0v) is 14.1. The number of furan rings is 1. The van der Waals surface area contributed by atoms with Crippen LogP contribution in [0, 0.1) is 6.92 Å². The summed E-state index contributed by atoms with van der Waals surface area (Å²) in [6, 6.07) is 8.09. The molecule has 1 N–H and O–H groups in total. The molecule has 2 rings (SSSR count). The Bertz CT molecular complexity index is 575. The van der Waals surface area contributed by atoms with Crippen LogP contribution in [0.25, 0.3) is 11.0 Å². The summed E-state index contributed by atoms with van der Waals surface area (Å²) in [7, 11) is 5.69. The van der Waals surface area contributed by atoms with Crippen LogP contribution in [0.15, 0.2) is 33.7 Å². The van der Waals surface area contributed by atoms with E-state index < -0.39 is 0 Å². The van der Waals surface area contributed by atoms with E-state index in [0.29, 0.717) is 6.54 Å². The molecule has 0 amide bonds. The van der Waals surface area contributed by atoms with Crippen LogP contribution in [0.3, 0.4) is 0 Å². The van der Waals surface area contributed by atoms with Crippen LogP contribution in [0.5, 0.6) is 0 Å². The van der Waals surface area contributed by atoms with Gasteiger partial charge in [-0.3, -0.25) is 4.99 Å². The molecule has 4 nitrogen and oxygen atoms in total. The van der Waals surface area contributed by atoms with Crippen molar-refractivity contribution >= 4 is 40.9 Å². The molecule has 5 heteroatoms. The van der Waals surface area contributed by atoms with Crippen LogP contribution in [-0.2, 0) is 6.54 Å². The lowest BCUT2D eigenvalue weighted by Gasteiger charge is -2.16. The predicted octanol–water partition coefficient (Wildman–Crippen LogP) is 3.00. The Labute approximate surface area is 130 Å². The number of aryl methyl sites for hydroxylation is 1. The molecule has 19 heavy (non-hydrogen) atoms. The molecule has 0 aliphatic rings. The molecule has 1 aromatic carbocycles. The summed E-state index contributed by atoms with van der Waals surface area (Å²) in [6.45, 7) is 2.73. The van der Waals surface area contributed by atoms with E-state index in [1.165, 1.54) is 10.9 Å². The van der Waals surface area contributed by atoms with Gasteiger partial charge in [0.1, 0.15) is 11.3 Å². The Hall–Kier alpha value is -1.24. The Kier molecular flexibility index (Phi) is 5.65. The number of rotatable bonds is 2. The first-order valence-electron chi connectivity index (χ1n) is 5.98. The Morgan fingerprint density at radius 2 is 2.00 bits per heavy atom. The molecule has 0 aliphatic heterocycles. The smallest absolute Gasteiger partial charge is 0.193 e. The second-order valence-electron chi connectivity index (χ2n) is 4.44. The molecule has 0 atom stereocenters. The first-order chi connectivity index (χ1) is 8.63. The van der Waals surface area contributed by atoms with Gasteiger partial charge in [0.25, 0.3) is 0 Å². The average molecular weight is 373 g/mol. The van der Waals surface area contributed by atoms with Crippen LogP contribution in [-0.4, -0.2) is 32.0 Å². The third-order valence-corrected chi connectivity index (χ3v) is 2.98. The van der Waals surface area contributed by atoms with Gasteiger partial charge in [-0.05, 0) is 13.0 Å². The SMILES string of the molecule is CN=C(NCc1oc2ccccc2c1C)N(C)C.I. The van der Waals surface area contributed by atoms with E-state index in [4.69, 9.17) is 4.42 Å². The number of para-hydroxylation sites is 1. The summed E-state index contributed by atoms with van der Waals surface area (Å²) in [5, 5.41) is 4.44. The molecule has 1 heterocycles. The molecule has 0 radical (unpaired) electrons. The van der Waals surface area contributed by atoms with Gasteiger partial charge < -0.3 is 14.6 Å². The van der Waals surface area contributed by atoms with E-state index in [9.17, 15) is 0 Å². The minimum absolute atomic E-state index is 0. The topological polar surface area (TPSA) is 40.8 Å².